The molecule has 0 aromatic carbocycles. The Morgan fingerprint density at radius 2 is 1.20 bits per heavy atom. The molecule has 2 unspecified atom stereocenters. The zero-order valence-electron chi connectivity index (χ0n) is 20.3. The van der Waals surface area contributed by atoms with Crippen LogP contribution in [0.15, 0.2) is 0 Å². The fourth-order valence-electron chi connectivity index (χ4n) is 6.85. The third-order valence-corrected chi connectivity index (χ3v) is 7.65. The number of rotatable bonds is 3. The predicted molar refractivity (Wildman–Crippen MR) is 115 cm³/mol. The standard InChI is InChI=1S/C25H50/c1-20(2,3)16-23(9,10)18-15-22(7,8)17-24(11,12)19(18)25(13,14)21(4,5)6/h18-19H,15-17H2,1-14H3. The first-order valence-electron chi connectivity index (χ1n) is 10.6. The highest BCUT2D eigenvalue weighted by Gasteiger charge is 2.58. The Morgan fingerprint density at radius 3 is 1.56 bits per heavy atom. The topological polar surface area (TPSA) is 0 Å². The van der Waals surface area contributed by atoms with Gasteiger partial charge < -0.3 is 0 Å². The minimum absolute atomic E-state index is 0.312. The van der Waals surface area contributed by atoms with Gasteiger partial charge in [0.2, 0.25) is 0 Å². The maximum absolute atomic E-state index is 2.56. The van der Waals surface area contributed by atoms with Crippen molar-refractivity contribution >= 4 is 0 Å². The summed E-state index contributed by atoms with van der Waals surface area (Å²) in [6.45, 7) is 35.0. The molecule has 1 aliphatic rings. The Kier molecular flexibility index (Phi) is 5.78. The van der Waals surface area contributed by atoms with Crippen LogP contribution in [0.4, 0.5) is 0 Å². The van der Waals surface area contributed by atoms with Crippen molar-refractivity contribution < 1.29 is 0 Å². The van der Waals surface area contributed by atoms with E-state index in [0.29, 0.717) is 32.5 Å². The molecule has 1 rings (SSSR count). The van der Waals surface area contributed by atoms with Gasteiger partial charge in [-0.1, -0.05) is 96.9 Å². The molecule has 0 aromatic heterocycles. The molecule has 0 bridgehead atoms. The molecule has 0 radical (unpaired) electrons. The lowest BCUT2D eigenvalue weighted by Gasteiger charge is -2.63. The van der Waals surface area contributed by atoms with Gasteiger partial charge in [0.05, 0.1) is 0 Å². The van der Waals surface area contributed by atoms with Gasteiger partial charge in [-0.2, -0.15) is 0 Å². The summed E-state index contributed by atoms with van der Waals surface area (Å²) in [5.74, 6) is 1.50. The van der Waals surface area contributed by atoms with Gasteiger partial charge in [-0.05, 0) is 63.6 Å². The fourth-order valence-corrected chi connectivity index (χ4v) is 6.85. The summed E-state index contributed by atoms with van der Waals surface area (Å²) in [5, 5.41) is 0. The van der Waals surface area contributed by atoms with Crippen molar-refractivity contribution in [1.82, 2.24) is 0 Å². The van der Waals surface area contributed by atoms with Crippen molar-refractivity contribution in [2.24, 2.45) is 44.3 Å². The minimum Gasteiger partial charge on any atom is -0.0602 e. The van der Waals surface area contributed by atoms with Gasteiger partial charge in [-0.3, -0.25) is 0 Å². The van der Waals surface area contributed by atoms with Crippen LogP contribution in [0.3, 0.4) is 0 Å². The van der Waals surface area contributed by atoms with E-state index in [1.807, 2.05) is 0 Å². The van der Waals surface area contributed by atoms with E-state index in [1.54, 1.807) is 0 Å². The average Bonchev–Trinajstić information content (AvgIpc) is 2.18. The molecule has 1 saturated carbocycles. The molecule has 25 heavy (non-hydrogen) atoms. The normalized spacial score (nSPS) is 28.1. The highest BCUT2D eigenvalue weighted by atomic mass is 14.6. The van der Waals surface area contributed by atoms with Crippen molar-refractivity contribution in [3.05, 3.63) is 0 Å². The first kappa shape index (κ1) is 23.0. The van der Waals surface area contributed by atoms with E-state index in [0.717, 1.165) is 11.8 Å². The molecule has 0 amide bonds. The van der Waals surface area contributed by atoms with Gasteiger partial charge >= 0.3 is 0 Å². The molecule has 0 spiro atoms. The van der Waals surface area contributed by atoms with Crippen LogP contribution in [0.5, 0.6) is 0 Å². The molecule has 0 aliphatic heterocycles. The van der Waals surface area contributed by atoms with Crippen LogP contribution in [-0.2, 0) is 0 Å². The van der Waals surface area contributed by atoms with Crippen molar-refractivity contribution in [3.8, 4) is 0 Å². The second-order valence-electron chi connectivity index (χ2n) is 14.3. The predicted octanol–water partition coefficient (Wildman–Crippen LogP) is 8.60. The number of hydrogen-bond acceptors (Lipinski definition) is 0. The molecule has 1 fully saturated rings. The summed E-state index contributed by atoms with van der Waals surface area (Å²) >= 11 is 0. The second kappa shape index (κ2) is 6.27. The van der Waals surface area contributed by atoms with Crippen LogP contribution in [0.1, 0.15) is 116 Å². The molecule has 2 atom stereocenters. The summed E-state index contributed by atoms with van der Waals surface area (Å²) < 4.78 is 0. The van der Waals surface area contributed by atoms with E-state index >= 15 is 0 Å². The highest BCUT2D eigenvalue weighted by Crippen LogP contribution is 2.65. The van der Waals surface area contributed by atoms with E-state index in [1.165, 1.54) is 19.3 Å². The lowest BCUT2D eigenvalue weighted by molar-refractivity contribution is -0.145. The second-order valence-corrected chi connectivity index (χ2v) is 14.3. The Bertz CT molecular complexity index is 459. The molecule has 1 aliphatic carbocycles. The minimum atomic E-state index is 0.312. The van der Waals surface area contributed by atoms with E-state index in [9.17, 15) is 0 Å². The largest absolute Gasteiger partial charge is 0.0602 e. The Balaban J connectivity index is 3.50. The summed E-state index contributed by atoms with van der Waals surface area (Å²) in [5.41, 5.74) is 2.18. The molecule has 0 aromatic rings. The lowest BCUT2D eigenvalue weighted by atomic mass is 9.41. The number of hydrogen-bond donors (Lipinski definition) is 0. The molecular formula is C25H50. The first-order chi connectivity index (χ1) is 10.6. The third-order valence-electron chi connectivity index (χ3n) is 7.65. The molecule has 0 heterocycles. The third kappa shape index (κ3) is 5.04. The van der Waals surface area contributed by atoms with Crippen molar-refractivity contribution in [2.45, 2.75) is 116 Å². The van der Waals surface area contributed by atoms with Gasteiger partial charge in [-0.15, -0.1) is 0 Å². The lowest BCUT2D eigenvalue weighted by Crippen LogP contribution is -2.56. The zero-order chi connectivity index (χ0) is 20.3. The van der Waals surface area contributed by atoms with Crippen LogP contribution >= 0.6 is 0 Å². The molecule has 150 valence electrons. The molecular weight excluding hydrogens is 300 g/mol. The van der Waals surface area contributed by atoms with E-state index in [-0.39, 0.29) is 0 Å². The molecule has 0 saturated heterocycles. The average molecular weight is 351 g/mol. The van der Waals surface area contributed by atoms with Crippen molar-refractivity contribution in [2.75, 3.05) is 0 Å². The first-order valence-corrected chi connectivity index (χ1v) is 10.6. The van der Waals surface area contributed by atoms with Gasteiger partial charge in [0.25, 0.3) is 0 Å². The van der Waals surface area contributed by atoms with Crippen LogP contribution in [0.2, 0.25) is 0 Å². The van der Waals surface area contributed by atoms with Gasteiger partial charge in [0.1, 0.15) is 0 Å². The summed E-state index contributed by atoms with van der Waals surface area (Å²) in [6, 6.07) is 0. The summed E-state index contributed by atoms with van der Waals surface area (Å²) in [7, 11) is 0. The summed E-state index contributed by atoms with van der Waals surface area (Å²) in [4.78, 5) is 0. The quantitative estimate of drug-likeness (QED) is 0.478. The van der Waals surface area contributed by atoms with Crippen LogP contribution in [0, 0.1) is 44.3 Å². The van der Waals surface area contributed by atoms with Gasteiger partial charge in [-0.25, -0.2) is 0 Å². The van der Waals surface area contributed by atoms with Crippen molar-refractivity contribution in [1.29, 1.82) is 0 Å². The molecule has 0 heteroatoms. The SMILES string of the molecule is CC(C)(C)CC(C)(C)C1CC(C)(C)CC(C)(C)C1C(C)(C)C(C)(C)C. The monoisotopic (exact) mass is 350 g/mol. The zero-order valence-corrected chi connectivity index (χ0v) is 20.3. The van der Waals surface area contributed by atoms with Gasteiger partial charge in [0.15, 0.2) is 0 Å². The van der Waals surface area contributed by atoms with Crippen LogP contribution in [-0.4, -0.2) is 0 Å². The Morgan fingerprint density at radius 1 is 0.760 bits per heavy atom. The van der Waals surface area contributed by atoms with Gasteiger partial charge in [0, 0.05) is 0 Å². The summed E-state index contributed by atoms with van der Waals surface area (Å²) in [6.07, 6.45) is 4.00. The van der Waals surface area contributed by atoms with E-state index in [4.69, 9.17) is 0 Å². The van der Waals surface area contributed by atoms with E-state index < -0.39 is 0 Å². The Hall–Kier alpha value is 0. The Labute approximate surface area is 160 Å². The molecule has 0 nitrogen and oxygen atoms in total. The van der Waals surface area contributed by atoms with Crippen molar-refractivity contribution in [3.63, 3.8) is 0 Å². The maximum Gasteiger partial charge on any atom is -0.0269 e. The van der Waals surface area contributed by atoms with E-state index in [2.05, 4.69) is 96.9 Å². The van der Waals surface area contributed by atoms with Crippen LogP contribution in [0.25, 0.3) is 0 Å². The fraction of sp³-hybridized carbons (Fsp3) is 1.00. The highest BCUT2D eigenvalue weighted by molar-refractivity contribution is 5.06. The van der Waals surface area contributed by atoms with Crippen LogP contribution < -0.4 is 0 Å². The molecule has 0 N–H and O–H groups in total. The maximum atomic E-state index is 2.56. The smallest absolute Gasteiger partial charge is 0.0269 e.